The molecule has 1 aromatic carbocycles. The molecule has 3 saturated heterocycles. The number of amides is 1. The van der Waals surface area contributed by atoms with E-state index in [0.717, 1.165) is 25.3 Å². The van der Waals surface area contributed by atoms with Gasteiger partial charge in [0.1, 0.15) is 11.9 Å². The molecule has 6 unspecified atom stereocenters. The Morgan fingerprint density at radius 2 is 2.17 bits per heavy atom. The Kier molecular flexibility index (Phi) is 6.51. The van der Waals surface area contributed by atoms with Crippen molar-refractivity contribution < 1.29 is 9.53 Å². The van der Waals surface area contributed by atoms with Crippen molar-refractivity contribution in [2.45, 2.75) is 37.3 Å². The molecule has 162 valence electrons. The van der Waals surface area contributed by atoms with E-state index in [4.69, 9.17) is 15.7 Å². The van der Waals surface area contributed by atoms with E-state index in [0.29, 0.717) is 19.5 Å². The minimum Gasteiger partial charge on any atom is -0.488 e. The summed E-state index contributed by atoms with van der Waals surface area (Å²) in [6.45, 7) is 3.06. The van der Waals surface area contributed by atoms with Crippen LogP contribution in [0.25, 0.3) is 0 Å². The number of likely N-dealkylation sites (N-methyl/N-ethyl adjacent to an activating group) is 1. The van der Waals surface area contributed by atoms with E-state index in [1.165, 1.54) is 0 Å². The zero-order valence-corrected chi connectivity index (χ0v) is 17.3. The summed E-state index contributed by atoms with van der Waals surface area (Å²) in [7, 11) is 2.06. The molecular formula is C21H31N7O2. The van der Waals surface area contributed by atoms with Crippen LogP contribution >= 0.6 is 0 Å². The van der Waals surface area contributed by atoms with Gasteiger partial charge in [-0.05, 0) is 31.5 Å². The first-order chi connectivity index (χ1) is 14.5. The second-order valence-corrected chi connectivity index (χ2v) is 8.55. The van der Waals surface area contributed by atoms with Crippen molar-refractivity contribution in [3.05, 3.63) is 30.3 Å². The number of nitrogens with zero attached hydrogens (tertiary/aromatic N) is 3. The fourth-order valence-electron chi connectivity index (χ4n) is 4.67. The number of nitriles is 1. The van der Waals surface area contributed by atoms with Gasteiger partial charge in [-0.3, -0.25) is 10.1 Å². The third-order valence-corrected chi connectivity index (χ3v) is 6.24. The number of para-hydroxylation sites is 1. The van der Waals surface area contributed by atoms with E-state index in [-0.39, 0.29) is 30.1 Å². The van der Waals surface area contributed by atoms with E-state index in [1.54, 1.807) is 0 Å². The molecule has 0 saturated carbocycles. The number of carbonyl (C=O) groups is 1. The van der Waals surface area contributed by atoms with Crippen molar-refractivity contribution in [3.8, 4) is 11.8 Å². The zero-order chi connectivity index (χ0) is 21.1. The highest BCUT2D eigenvalue weighted by atomic mass is 16.5. The smallest absolute Gasteiger partial charge is 0.229 e. The van der Waals surface area contributed by atoms with Gasteiger partial charge in [0.2, 0.25) is 5.91 Å². The van der Waals surface area contributed by atoms with Crippen LogP contribution in [0, 0.1) is 23.2 Å². The van der Waals surface area contributed by atoms with Crippen LogP contribution in [0.1, 0.15) is 12.8 Å². The molecule has 0 radical (unpaired) electrons. The predicted octanol–water partition coefficient (Wildman–Crippen LogP) is -0.565. The van der Waals surface area contributed by atoms with Crippen LogP contribution < -0.4 is 26.5 Å². The van der Waals surface area contributed by atoms with Crippen LogP contribution in [0.5, 0.6) is 5.75 Å². The van der Waals surface area contributed by atoms with Crippen LogP contribution in [0.3, 0.4) is 0 Å². The average molecular weight is 414 g/mol. The lowest BCUT2D eigenvalue weighted by Crippen LogP contribution is -2.61. The van der Waals surface area contributed by atoms with Crippen molar-refractivity contribution in [1.29, 1.82) is 5.26 Å². The number of hydrogen-bond acceptors (Lipinski definition) is 8. The minimum atomic E-state index is -0.474. The summed E-state index contributed by atoms with van der Waals surface area (Å²) in [6, 6.07) is 11.8. The number of carbonyl (C=O) groups excluding carboxylic acids is 1. The maximum absolute atomic E-state index is 13.3. The van der Waals surface area contributed by atoms with Gasteiger partial charge in [0.25, 0.3) is 0 Å². The van der Waals surface area contributed by atoms with Crippen molar-refractivity contribution >= 4 is 5.91 Å². The SMILES string of the molecule is CN1CCC(Oc2ccccc2)C(NC(=O)C2C(N)NN3CC(CC#N)CNC23)C1. The molecular weight excluding hydrogens is 382 g/mol. The van der Waals surface area contributed by atoms with E-state index in [9.17, 15) is 4.79 Å². The van der Waals surface area contributed by atoms with E-state index < -0.39 is 12.1 Å². The predicted molar refractivity (Wildman–Crippen MR) is 112 cm³/mol. The van der Waals surface area contributed by atoms with Gasteiger partial charge in [0.15, 0.2) is 0 Å². The van der Waals surface area contributed by atoms with Crippen LogP contribution in [0.4, 0.5) is 0 Å². The van der Waals surface area contributed by atoms with Gasteiger partial charge < -0.3 is 20.7 Å². The van der Waals surface area contributed by atoms with Gasteiger partial charge in [-0.15, -0.1) is 0 Å². The van der Waals surface area contributed by atoms with E-state index in [2.05, 4.69) is 34.1 Å². The molecule has 1 aromatic rings. The summed E-state index contributed by atoms with van der Waals surface area (Å²) >= 11 is 0. The molecule has 0 bridgehead atoms. The summed E-state index contributed by atoms with van der Waals surface area (Å²) in [5, 5.41) is 17.6. The molecule has 5 N–H and O–H groups in total. The fraction of sp³-hybridized carbons (Fsp3) is 0.619. The number of piperidine rings is 1. The van der Waals surface area contributed by atoms with E-state index in [1.807, 2.05) is 35.3 Å². The first-order valence-corrected chi connectivity index (χ1v) is 10.6. The number of rotatable bonds is 5. The Hall–Kier alpha value is -2.22. The number of hydrazine groups is 1. The molecule has 4 rings (SSSR count). The van der Waals surface area contributed by atoms with Crippen molar-refractivity contribution in [3.63, 3.8) is 0 Å². The number of fused-ring (bicyclic) bond motifs is 1. The Morgan fingerprint density at radius 1 is 1.37 bits per heavy atom. The molecule has 3 heterocycles. The number of nitrogens with one attached hydrogen (secondary N) is 3. The summed E-state index contributed by atoms with van der Waals surface area (Å²) in [4.78, 5) is 15.5. The molecule has 0 aliphatic carbocycles. The number of ether oxygens (including phenoxy) is 1. The number of hydrogen-bond donors (Lipinski definition) is 4. The van der Waals surface area contributed by atoms with E-state index >= 15 is 0 Å². The number of benzene rings is 1. The fourth-order valence-corrected chi connectivity index (χ4v) is 4.67. The second-order valence-electron chi connectivity index (χ2n) is 8.55. The van der Waals surface area contributed by atoms with Gasteiger partial charge in [-0.2, -0.15) is 5.26 Å². The number of nitrogens with two attached hydrogens (primary N) is 1. The van der Waals surface area contributed by atoms with Crippen LogP contribution in [0.2, 0.25) is 0 Å². The Bertz CT molecular complexity index is 770. The third kappa shape index (κ3) is 4.58. The van der Waals surface area contributed by atoms with Crippen molar-refractivity contribution in [2.24, 2.45) is 17.6 Å². The highest BCUT2D eigenvalue weighted by Gasteiger charge is 2.47. The largest absolute Gasteiger partial charge is 0.488 e. The Morgan fingerprint density at radius 3 is 2.93 bits per heavy atom. The van der Waals surface area contributed by atoms with Crippen LogP contribution in [0.15, 0.2) is 30.3 Å². The molecule has 3 fully saturated rings. The summed E-state index contributed by atoms with van der Waals surface area (Å²) in [5.74, 6) is 0.547. The Balaban J connectivity index is 1.41. The zero-order valence-electron chi connectivity index (χ0n) is 17.3. The highest BCUT2D eigenvalue weighted by Crippen LogP contribution is 2.25. The lowest BCUT2D eigenvalue weighted by Gasteiger charge is -2.39. The molecule has 1 amide bonds. The first-order valence-electron chi connectivity index (χ1n) is 10.6. The monoisotopic (exact) mass is 413 g/mol. The molecule has 9 nitrogen and oxygen atoms in total. The van der Waals surface area contributed by atoms with Gasteiger partial charge in [-0.25, -0.2) is 10.4 Å². The highest BCUT2D eigenvalue weighted by molar-refractivity contribution is 5.80. The number of likely N-dealkylation sites (tertiary alicyclic amines) is 1. The molecule has 9 heteroatoms. The first kappa shape index (κ1) is 21.0. The second kappa shape index (κ2) is 9.29. The normalized spacial score (nSPS) is 34.7. The summed E-state index contributed by atoms with van der Waals surface area (Å²) in [5.41, 5.74) is 9.50. The molecule has 3 aliphatic heterocycles. The van der Waals surface area contributed by atoms with Crippen LogP contribution in [-0.4, -0.2) is 73.5 Å². The lowest BCUT2D eigenvalue weighted by molar-refractivity contribution is -0.128. The molecule has 30 heavy (non-hydrogen) atoms. The topological polar surface area (TPSA) is 119 Å². The van der Waals surface area contributed by atoms with Gasteiger partial charge in [-0.1, -0.05) is 18.2 Å². The summed E-state index contributed by atoms with van der Waals surface area (Å²) in [6.07, 6.45) is 0.586. The average Bonchev–Trinajstić information content (AvgIpc) is 3.06. The van der Waals surface area contributed by atoms with Crippen molar-refractivity contribution in [1.82, 2.24) is 26.0 Å². The minimum absolute atomic E-state index is 0.0734. The van der Waals surface area contributed by atoms with Gasteiger partial charge in [0.05, 0.1) is 30.4 Å². The molecule has 3 aliphatic rings. The van der Waals surface area contributed by atoms with Crippen LogP contribution in [-0.2, 0) is 4.79 Å². The third-order valence-electron chi connectivity index (χ3n) is 6.24. The molecule has 6 atom stereocenters. The molecule has 0 aromatic heterocycles. The Labute approximate surface area is 177 Å². The quantitative estimate of drug-likeness (QED) is 0.507. The summed E-state index contributed by atoms with van der Waals surface area (Å²) < 4.78 is 6.21. The standard InChI is InChI=1S/C21H31N7O2/c1-27-10-8-17(30-15-5-3-2-4-6-15)16(13-27)25-21(29)18-19(23)26-28-12-14(7-9-22)11-24-20(18)28/h2-6,14,16-20,24,26H,7-8,10-13,23H2,1H3,(H,25,29). The van der Waals surface area contributed by atoms with Gasteiger partial charge >= 0.3 is 0 Å². The maximum Gasteiger partial charge on any atom is 0.229 e. The maximum atomic E-state index is 13.3. The lowest BCUT2D eigenvalue weighted by atomic mass is 9.96. The van der Waals surface area contributed by atoms with Crippen molar-refractivity contribution in [2.75, 3.05) is 33.2 Å². The van der Waals surface area contributed by atoms with Gasteiger partial charge in [0, 0.05) is 32.6 Å². The molecule has 0 spiro atoms.